The number of likely N-dealkylation sites (N-methyl/N-ethyl adjacent to an activating group) is 1. The van der Waals surface area contributed by atoms with E-state index in [1.165, 1.54) is 23.5 Å². The van der Waals surface area contributed by atoms with Crippen molar-refractivity contribution < 1.29 is 23.8 Å². The number of aliphatic hydroxyl groups is 1. The molecule has 3 aromatic rings. The van der Waals surface area contributed by atoms with E-state index in [0.29, 0.717) is 35.6 Å². The number of ether oxygens (including phenoxy) is 1. The van der Waals surface area contributed by atoms with E-state index in [9.17, 15) is 19.1 Å². The lowest BCUT2D eigenvalue weighted by molar-refractivity contribution is 0.0132. The van der Waals surface area contributed by atoms with E-state index in [-0.39, 0.29) is 23.7 Å². The van der Waals surface area contributed by atoms with E-state index in [1.807, 2.05) is 45.0 Å². The number of likely N-dealkylation sites (tertiary alicyclic amines) is 1. The molecule has 1 aromatic heterocycles. The van der Waals surface area contributed by atoms with E-state index in [0.717, 1.165) is 41.9 Å². The summed E-state index contributed by atoms with van der Waals surface area (Å²) in [5.74, 6) is -0.745. The van der Waals surface area contributed by atoms with Gasteiger partial charge in [-0.25, -0.2) is 14.0 Å². The molecule has 1 N–H and O–H groups in total. The van der Waals surface area contributed by atoms with Gasteiger partial charge in [-0.05, 0) is 75.4 Å². The predicted octanol–water partition coefficient (Wildman–Crippen LogP) is 6.81. The van der Waals surface area contributed by atoms with E-state index in [1.54, 1.807) is 29.0 Å². The molecule has 2 atom stereocenters. The summed E-state index contributed by atoms with van der Waals surface area (Å²) in [6.07, 6.45) is 1.52. The van der Waals surface area contributed by atoms with Crippen LogP contribution < -0.4 is 4.90 Å². The predicted molar refractivity (Wildman–Crippen MR) is 167 cm³/mol. The Kier molecular flexibility index (Phi) is 8.76. The van der Waals surface area contributed by atoms with Crippen LogP contribution in [0.25, 0.3) is 26.4 Å². The van der Waals surface area contributed by atoms with E-state index in [2.05, 4.69) is 9.74 Å². The molecule has 2 fully saturated rings. The summed E-state index contributed by atoms with van der Waals surface area (Å²) < 4.78 is 20.3. The molecule has 0 spiro atoms. The summed E-state index contributed by atoms with van der Waals surface area (Å²) in [5, 5.41) is 9.95. The Labute approximate surface area is 256 Å². The van der Waals surface area contributed by atoms with Gasteiger partial charge in [0.05, 0.1) is 23.6 Å². The smallest absolute Gasteiger partial charge is 0.410 e. The topological polar surface area (TPSA) is 77.7 Å². The number of rotatable bonds is 5. The van der Waals surface area contributed by atoms with Crippen molar-refractivity contribution in [3.05, 3.63) is 70.6 Å². The molecule has 2 aliphatic rings. The van der Waals surface area contributed by atoms with Gasteiger partial charge in [0.15, 0.2) is 0 Å². The fraction of sp³-hybridized carbons (Fsp3) is 0.424. The highest BCUT2D eigenvalue weighted by Crippen LogP contribution is 2.42. The maximum atomic E-state index is 14.7. The van der Waals surface area contributed by atoms with Crippen molar-refractivity contribution in [2.45, 2.75) is 57.8 Å². The molecule has 43 heavy (non-hydrogen) atoms. The summed E-state index contributed by atoms with van der Waals surface area (Å²) in [7, 11) is 1.71. The van der Waals surface area contributed by atoms with Gasteiger partial charge >= 0.3 is 6.09 Å². The van der Waals surface area contributed by atoms with Crippen molar-refractivity contribution in [3.63, 3.8) is 0 Å². The Morgan fingerprint density at radius 1 is 1.07 bits per heavy atom. The number of aliphatic hydroxyl groups excluding tert-OH is 1. The van der Waals surface area contributed by atoms with Gasteiger partial charge < -0.3 is 24.5 Å². The van der Waals surface area contributed by atoms with E-state index in [4.69, 9.17) is 11.3 Å². The second kappa shape index (κ2) is 12.3. The number of carbonyl (C=O) groups excluding carboxylic acids is 2. The van der Waals surface area contributed by atoms with Gasteiger partial charge in [-0.3, -0.25) is 4.79 Å². The lowest BCUT2D eigenvalue weighted by Crippen LogP contribution is -2.51. The number of amides is 2. The molecule has 0 aliphatic carbocycles. The van der Waals surface area contributed by atoms with Gasteiger partial charge in [0.25, 0.3) is 5.91 Å². The van der Waals surface area contributed by atoms with Crippen LogP contribution in [0.2, 0.25) is 0 Å². The van der Waals surface area contributed by atoms with Crippen molar-refractivity contribution in [3.8, 4) is 21.6 Å². The van der Waals surface area contributed by atoms with Gasteiger partial charge in [-0.1, -0.05) is 24.3 Å². The Balaban J connectivity index is 1.44. The first-order valence-electron chi connectivity index (χ1n) is 14.5. The number of piperidine rings is 1. The van der Waals surface area contributed by atoms with Crippen LogP contribution in [0.1, 0.15) is 49.7 Å². The molecule has 2 aromatic carbocycles. The normalized spacial score (nSPS) is 18.8. The van der Waals surface area contributed by atoms with Crippen LogP contribution in [-0.2, 0) is 4.74 Å². The zero-order valence-electron chi connectivity index (χ0n) is 25.0. The molecule has 3 heterocycles. The number of thiophene rings is 1. The number of hydrogen-bond donors (Lipinski definition) is 1. The highest BCUT2D eigenvalue weighted by atomic mass is 32.1. The SMILES string of the molecule is [C-]#[N+]c1ccc(-c2cc(C(=O)N3CCC[C@@H](N(C)C(=O)OC(C)(C)C)C3)sc2-c2ccc(N3CC[C@H](O)C3)cc2)cc1F. The molecule has 0 unspecified atom stereocenters. The molecule has 8 nitrogen and oxygen atoms in total. The minimum Gasteiger partial charge on any atom is -0.444 e. The van der Waals surface area contributed by atoms with Crippen LogP contribution in [0.3, 0.4) is 0 Å². The maximum absolute atomic E-state index is 14.7. The first-order valence-corrected chi connectivity index (χ1v) is 15.3. The highest BCUT2D eigenvalue weighted by molar-refractivity contribution is 7.18. The standard InChI is InChI=1S/C33H37FN4O4S/c1-33(2,3)42-32(41)36(5)24-7-6-15-38(19-24)31(40)29-18-26(22-10-13-28(35-4)27(34)17-22)30(43-29)21-8-11-23(12-9-21)37-16-14-25(39)20-37/h8-13,17-18,24-25,39H,6-7,14-16,19-20H2,1-3,5H3/t24-,25+/m1/s1. The molecule has 10 heteroatoms. The number of carbonyl (C=O) groups is 2. The minimum atomic E-state index is -0.611. The van der Waals surface area contributed by atoms with E-state index < -0.39 is 17.5 Å². The molecule has 2 saturated heterocycles. The second-order valence-corrected chi connectivity index (χ2v) is 13.3. The average Bonchev–Trinajstić information content (AvgIpc) is 3.62. The number of halogens is 1. The molecular weight excluding hydrogens is 567 g/mol. The van der Waals surface area contributed by atoms with Crippen molar-refractivity contribution >= 4 is 34.7 Å². The van der Waals surface area contributed by atoms with Crippen LogP contribution in [0, 0.1) is 12.4 Å². The largest absolute Gasteiger partial charge is 0.444 e. The second-order valence-electron chi connectivity index (χ2n) is 12.2. The summed E-state index contributed by atoms with van der Waals surface area (Å²) in [6.45, 7) is 15.0. The van der Waals surface area contributed by atoms with Crippen molar-refractivity contribution in [1.82, 2.24) is 9.80 Å². The molecule has 2 amide bonds. The monoisotopic (exact) mass is 604 g/mol. The van der Waals surface area contributed by atoms with Gasteiger partial charge in [0.2, 0.25) is 5.69 Å². The summed E-state index contributed by atoms with van der Waals surface area (Å²) in [4.78, 5) is 36.7. The van der Waals surface area contributed by atoms with Gasteiger partial charge in [0.1, 0.15) is 11.4 Å². The van der Waals surface area contributed by atoms with Crippen molar-refractivity contribution in [2.75, 3.05) is 38.1 Å². The molecule has 226 valence electrons. The van der Waals surface area contributed by atoms with Crippen LogP contribution in [0.4, 0.5) is 20.6 Å². The van der Waals surface area contributed by atoms with Gasteiger partial charge in [-0.15, -0.1) is 11.3 Å². The van der Waals surface area contributed by atoms with Crippen LogP contribution in [-0.4, -0.2) is 77.9 Å². The van der Waals surface area contributed by atoms with Gasteiger partial charge in [-0.2, -0.15) is 0 Å². The Morgan fingerprint density at radius 2 is 1.79 bits per heavy atom. The number of hydrogen-bond acceptors (Lipinski definition) is 6. The highest BCUT2D eigenvalue weighted by Gasteiger charge is 2.32. The number of nitrogens with zero attached hydrogens (tertiary/aromatic N) is 4. The molecule has 0 radical (unpaired) electrons. The third kappa shape index (κ3) is 6.84. The lowest BCUT2D eigenvalue weighted by atomic mass is 10.0. The first-order chi connectivity index (χ1) is 20.4. The fourth-order valence-corrected chi connectivity index (χ4v) is 6.74. The summed E-state index contributed by atoms with van der Waals surface area (Å²) in [5.41, 5.74) is 2.53. The Bertz CT molecular complexity index is 1540. The van der Waals surface area contributed by atoms with Crippen LogP contribution in [0.15, 0.2) is 48.5 Å². The molecular formula is C33H37FN4O4S. The maximum Gasteiger partial charge on any atom is 0.410 e. The molecule has 5 rings (SSSR count). The third-order valence-electron chi connectivity index (χ3n) is 7.89. The first kappa shape index (κ1) is 30.5. The van der Waals surface area contributed by atoms with Crippen LogP contribution >= 0.6 is 11.3 Å². The molecule has 0 bridgehead atoms. The summed E-state index contributed by atoms with van der Waals surface area (Å²) >= 11 is 1.35. The molecule has 0 saturated carbocycles. The minimum absolute atomic E-state index is 0.0533. The fourth-order valence-electron chi connectivity index (χ4n) is 5.58. The zero-order valence-corrected chi connectivity index (χ0v) is 25.8. The summed E-state index contributed by atoms with van der Waals surface area (Å²) in [6, 6.07) is 14.1. The van der Waals surface area contributed by atoms with Gasteiger partial charge in [0, 0.05) is 49.4 Å². The number of anilines is 1. The number of β-amino-alcohol motifs (C(OH)–C–C–N with tert-alkyl or cyclic N) is 1. The van der Waals surface area contributed by atoms with Crippen LogP contribution in [0.5, 0.6) is 0 Å². The van der Waals surface area contributed by atoms with E-state index >= 15 is 0 Å². The molecule has 2 aliphatic heterocycles. The average molecular weight is 605 g/mol. The third-order valence-corrected chi connectivity index (χ3v) is 9.07. The zero-order chi connectivity index (χ0) is 30.9. The van der Waals surface area contributed by atoms with Crippen molar-refractivity contribution in [2.24, 2.45) is 0 Å². The quantitative estimate of drug-likeness (QED) is 0.324. The Morgan fingerprint density at radius 3 is 2.42 bits per heavy atom. The van der Waals surface area contributed by atoms with Crippen molar-refractivity contribution in [1.29, 1.82) is 0 Å². The lowest BCUT2D eigenvalue weighted by Gasteiger charge is -2.38. The number of benzene rings is 2. The Hall–Kier alpha value is -3.94.